The predicted molar refractivity (Wildman–Crippen MR) is 116 cm³/mol. The SMILES string of the molecule is Cc1cc(N)nc(SCC(=O)Nc2ccccc2C(=O)Nc2ccc(Cl)cc2)n1. The highest BCUT2D eigenvalue weighted by Crippen LogP contribution is 2.20. The van der Waals surface area contributed by atoms with Crippen LogP contribution in [0.1, 0.15) is 16.1 Å². The Morgan fingerprint density at radius 1 is 1.07 bits per heavy atom. The summed E-state index contributed by atoms with van der Waals surface area (Å²) >= 11 is 7.03. The van der Waals surface area contributed by atoms with Gasteiger partial charge in [0.1, 0.15) is 5.82 Å². The van der Waals surface area contributed by atoms with Crippen LogP contribution in [0.15, 0.2) is 59.8 Å². The first kappa shape index (κ1) is 20.6. The smallest absolute Gasteiger partial charge is 0.257 e. The minimum Gasteiger partial charge on any atom is -0.384 e. The number of thioether (sulfide) groups is 1. The Morgan fingerprint density at radius 3 is 2.52 bits per heavy atom. The van der Waals surface area contributed by atoms with Gasteiger partial charge in [-0.3, -0.25) is 9.59 Å². The number of hydrogen-bond acceptors (Lipinski definition) is 6. The molecule has 29 heavy (non-hydrogen) atoms. The number of anilines is 3. The van der Waals surface area contributed by atoms with Crippen LogP contribution in [-0.2, 0) is 4.79 Å². The Hall–Kier alpha value is -3.10. The van der Waals surface area contributed by atoms with Crippen molar-refractivity contribution < 1.29 is 9.59 Å². The molecule has 1 heterocycles. The first-order chi connectivity index (χ1) is 13.9. The minimum absolute atomic E-state index is 0.0794. The number of nitrogens with two attached hydrogens (primary N) is 1. The van der Waals surface area contributed by atoms with Gasteiger partial charge in [-0.15, -0.1) is 0 Å². The molecule has 0 saturated carbocycles. The fraction of sp³-hybridized carbons (Fsp3) is 0.100. The van der Waals surface area contributed by atoms with Crippen molar-refractivity contribution >= 4 is 52.4 Å². The molecular formula is C20H18ClN5O2S. The summed E-state index contributed by atoms with van der Waals surface area (Å²) in [4.78, 5) is 33.3. The summed E-state index contributed by atoms with van der Waals surface area (Å²) in [6, 6.07) is 15.2. The second kappa shape index (κ2) is 9.40. The predicted octanol–water partition coefficient (Wildman–Crippen LogP) is 4.00. The monoisotopic (exact) mass is 427 g/mol. The third-order valence-corrected chi connectivity index (χ3v) is 4.83. The Morgan fingerprint density at radius 2 is 1.79 bits per heavy atom. The summed E-state index contributed by atoms with van der Waals surface area (Å²) in [7, 11) is 0. The number of nitrogens with one attached hydrogen (secondary N) is 2. The molecule has 2 amide bonds. The van der Waals surface area contributed by atoms with Crippen LogP contribution in [-0.4, -0.2) is 27.5 Å². The average Bonchev–Trinajstić information content (AvgIpc) is 2.68. The summed E-state index contributed by atoms with van der Waals surface area (Å²) in [6.07, 6.45) is 0. The van der Waals surface area contributed by atoms with Crippen molar-refractivity contribution in [3.05, 3.63) is 70.9 Å². The van der Waals surface area contributed by atoms with E-state index in [9.17, 15) is 9.59 Å². The van der Waals surface area contributed by atoms with Crippen LogP contribution in [0.3, 0.4) is 0 Å². The molecule has 0 saturated heterocycles. The number of halogens is 1. The zero-order valence-electron chi connectivity index (χ0n) is 15.5. The number of nitrogen functional groups attached to an aromatic ring is 1. The Bertz CT molecular complexity index is 1020. The molecule has 3 aromatic rings. The quantitative estimate of drug-likeness (QED) is 0.405. The lowest BCUT2D eigenvalue weighted by Crippen LogP contribution is -2.19. The van der Waals surface area contributed by atoms with Crippen molar-refractivity contribution in [3.8, 4) is 0 Å². The van der Waals surface area contributed by atoms with Gasteiger partial charge in [0.05, 0.1) is 17.0 Å². The van der Waals surface area contributed by atoms with E-state index in [4.69, 9.17) is 17.3 Å². The van der Waals surface area contributed by atoms with E-state index in [0.29, 0.717) is 32.9 Å². The molecule has 1 aromatic heterocycles. The topological polar surface area (TPSA) is 110 Å². The molecule has 0 unspecified atom stereocenters. The van der Waals surface area contributed by atoms with E-state index >= 15 is 0 Å². The number of rotatable bonds is 6. The van der Waals surface area contributed by atoms with E-state index in [2.05, 4.69) is 20.6 Å². The Kier molecular flexibility index (Phi) is 6.69. The van der Waals surface area contributed by atoms with Gasteiger partial charge >= 0.3 is 0 Å². The van der Waals surface area contributed by atoms with E-state index in [1.807, 2.05) is 0 Å². The van der Waals surface area contributed by atoms with Crippen molar-refractivity contribution in [3.63, 3.8) is 0 Å². The van der Waals surface area contributed by atoms with Crippen molar-refractivity contribution in [1.82, 2.24) is 9.97 Å². The average molecular weight is 428 g/mol. The van der Waals surface area contributed by atoms with Gasteiger partial charge in [-0.2, -0.15) is 0 Å². The fourth-order valence-electron chi connectivity index (χ4n) is 2.47. The van der Waals surface area contributed by atoms with Crippen molar-refractivity contribution in [2.24, 2.45) is 0 Å². The van der Waals surface area contributed by atoms with Crippen LogP contribution in [0.5, 0.6) is 0 Å². The van der Waals surface area contributed by atoms with Gasteiger partial charge in [-0.25, -0.2) is 9.97 Å². The molecule has 4 N–H and O–H groups in total. The van der Waals surface area contributed by atoms with Gasteiger partial charge in [-0.05, 0) is 43.3 Å². The molecule has 0 atom stereocenters. The summed E-state index contributed by atoms with van der Waals surface area (Å²) in [5.74, 6) is -0.198. The number of para-hydroxylation sites is 1. The molecule has 0 spiro atoms. The molecule has 0 aliphatic heterocycles. The van der Waals surface area contributed by atoms with Crippen molar-refractivity contribution in [2.75, 3.05) is 22.1 Å². The van der Waals surface area contributed by atoms with E-state index in [0.717, 1.165) is 5.69 Å². The zero-order valence-corrected chi connectivity index (χ0v) is 17.1. The molecule has 2 aromatic carbocycles. The molecule has 9 heteroatoms. The first-order valence-corrected chi connectivity index (χ1v) is 9.97. The van der Waals surface area contributed by atoms with Gasteiger partial charge in [0.25, 0.3) is 5.91 Å². The van der Waals surface area contributed by atoms with Crippen molar-refractivity contribution in [2.45, 2.75) is 12.1 Å². The third-order valence-electron chi connectivity index (χ3n) is 3.73. The molecular weight excluding hydrogens is 410 g/mol. The van der Waals surface area contributed by atoms with Crippen LogP contribution >= 0.6 is 23.4 Å². The maximum atomic E-state index is 12.6. The molecule has 0 aliphatic rings. The fourth-order valence-corrected chi connectivity index (χ4v) is 3.30. The molecule has 0 aliphatic carbocycles. The van der Waals surface area contributed by atoms with E-state index < -0.39 is 0 Å². The second-order valence-corrected chi connectivity index (χ2v) is 7.44. The van der Waals surface area contributed by atoms with Gasteiger partial charge in [-0.1, -0.05) is 35.5 Å². The third kappa shape index (κ3) is 5.94. The van der Waals surface area contributed by atoms with E-state index in [-0.39, 0.29) is 17.6 Å². The van der Waals surface area contributed by atoms with Gasteiger partial charge in [0, 0.05) is 22.5 Å². The summed E-state index contributed by atoms with van der Waals surface area (Å²) < 4.78 is 0. The maximum Gasteiger partial charge on any atom is 0.257 e. The molecule has 148 valence electrons. The van der Waals surface area contributed by atoms with Crippen LogP contribution < -0.4 is 16.4 Å². The standard InChI is InChI=1S/C20H18ClN5O2S/c1-12-10-17(22)26-20(23-12)29-11-18(27)25-16-5-3-2-4-15(16)19(28)24-14-8-6-13(21)7-9-14/h2-10H,11H2,1H3,(H,24,28)(H,25,27)(H2,22,23,26). The lowest BCUT2D eigenvalue weighted by Gasteiger charge is -2.11. The molecule has 0 bridgehead atoms. The van der Waals surface area contributed by atoms with Gasteiger partial charge < -0.3 is 16.4 Å². The van der Waals surface area contributed by atoms with E-state index in [1.54, 1.807) is 61.5 Å². The lowest BCUT2D eigenvalue weighted by atomic mass is 10.1. The minimum atomic E-state index is -0.342. The van der Waals surface area contributed by atoms with Crippen LogP contribution in [0, 0.1) is 6.92 Å². The number of aryl methyl sites for hydroxylation is 1. The molecule has 0 fully saturated rings. The van der Waals surface area contributed by atoms with Crippen LogP contribution in [0.4, 0.5) is 17.2 Å². The van der Waals surface area contributed by atoms with Crippen LogP contribution in [0.25, 0.3) is 0 Å². The highest BCUT2D eigenvalue weighted by molar-refractivity contribution is 7.99. The van der Waals surface area contributed by atoms with E-state index in [1.165, 1.54) is 11.8 Å². The second-order valence-electron chi connectivity index (χ2n) is 6.06. The Balaban J connectivity index is 1.65. The molecule has 7 nitrogen and oxygen atoms in total. The Labute approximate surface area is 177 Å². The summed E-state index contributed by atoms with van der Waals surface area (Å²) in [5.41, 5.74) is 7.78. The highest BCUT2D eigenvalue weighted by atomic mass is 35.5. The largest absolute Gasteiger partial charge is 0.384 e. The maximum absolute atomic E-state index is 12.6. The number of carbonyl (C=O) groups excluding carboxylic acids is 2. The number of amides is 2. The zero-order chi connectivity index (χ0) is 20.8. The number of carbonyl (C=O) groups is 2. The van der Waals surface area contributed by atoms with Gasteiger partial charge in [0.2, 0.25) is 5.91 Å². The number of hydrogen-bond donors (Lipinski definition) is 3. The number of aromatic nitrogens is 2. The van der Waals surface area contributed by atoms with Gasteiger partial charge in [0.15, 0.2) is 5.16 Å². The molecule has 3 rings (SSSR count). The lowest BCUT2D eigenvalue weighted by molar-refractivity contribution is -0.113. The summed E-state index contributed by atoms with van der Waals surface area (Å²) in [5, 5.41) is 6.54. The van der Waals surface area contributed by atoms with Crippen molar-refractivity contribution in [1.29, 1.82) is 0 Å². The van der Waals surface area contributed by atoms with Crippen LogP contribution in [0.2, 0.25) is 5.02 Å². The highest BCUT2D eigenvalue weighted by Gasteiger charge is 2.14. The summed E-state index contributed by atoms with van der Waals surface area (Å²) in [6.45, 7) is 1.80. The molecule has 0 radical (unpaired) electrons. The first-order valence-electron chi connectivity index (χ1n) is 8.60. The number of nitrogens with zero attached hydrogens (tertiary/aromatic N) is 2. The number of benzene rings is 2. The normalized spacial score (nSPS) is 10.4.